The number of nitrogens with one attached hydrogen (secondary N) is 3. The Morgan fingerprint density at radius 2 is 1.68 bits per heavy atom. The van der Waals surface area contributed by atoms with Crippen molar-refractivity contribution in [2.45, 2.75) is 0 Å². The predicted molar refractivity (Wildman–Crippen MR) is 85.7 cm³/mol. The first kappa shape index (κ1) is 18.0. The van der Waals surface area contributed by atoms with E-state index >= 15 is 0 Å². The molecule has 25 heavy (non-hydrogen) atoms. The molecule has 0 aliphatic carbocycles. The third-order valence-corrected chi connectivity index (χ3v) is 2.81. The maximum atomic E-state index is 12.7. The zero-order chi connectivity index (χ0) is 18.1. The Bertz CT molecular complexity index is 738. The summed E-state index contributed by atoms with van der Waals surface area (Å²) in [5.41, 5.74) is 4.84. The molecule has 8 nitrogen and oxygen atoms in total. The number of hydrazine groups is 1. The standard InChI is InChI=1S/C16H15FN4O4/c17-11-4-6-12(7-5-11)19-14(22)9-25-10-15(23)20-21-16(24)13-3-1-2-8-18-13/h1-8H,9-10H2,(H,19,22)(H,20,23)(H,21,24). The van der Waals surface area contributed by atoms with E-state index in [9.17, 15) is 18.8 Å². The highest BCUT2D eigenvalue weighted by Crippen LogP contribution is 2.07. The molecule has 0 radical (unpaired) electrons. The molecule has 2 rings (SSSR count). The van der Waals surface area contributed by atoms with E-state index < -0.39 is 30.1 Å². The van der Waals surface area contributed by atoms with E-state index in [1.54, 1.807) is 12.1 Å². The molecule has 0 bridgehead atoms. The summed E-state index contributed by atoms with van der Waals surface area (Å²) < 4.78 is 17.7. The number of amides is 3. The number of hydrogen-bond donors (Lipinski definition) is 3. The SMILES string of the molecule is O=C(COCC(=O)Nc1ccc(F)cc1)NNC(=O)c1ccccn1. The van der Waals surface area contributed by atoms with Gasteiger partial charge in [0.1, 0.15) is 24.7 Å². The summed E-state index contributed by atoms with van der Waals surface area (Å²) in [6, 6.07) is 9.97. The number of aromatic nitrogens is 1. The molecule has 0 aliphatic heterocycles. The molecular formula is C16H15FN4O4. The molecule has 0 fully saturated rings. The van der Waals surface area contributed by atoms with Crippen molar-refractivity contribution in [1.29, 1.82) is 0 Å². The molecule has 1 aromatic heterocycles. The minimum Gasteiger partial charge on any atom is -0.362 e. The van der Waals surface area contributed by atoms with Crippen molar-refractivity contribution in [2.75, 3.05) is 18.5 Å². The maximum Gasteiger partial charge on any atom is 0.288 e. The van der Waals surface area contributed by atoms with E-state index in [2.05, 4.69) is 21.2 Å². The van der Waals surface area contributed by atoms with E-state index in [0.29, 0.717) is 5.69 Å². The van der Waals surface area contributed by atoms with Crippen molar-refractivity contribution in [2.24, 2.45) is 0 Å². The Morgan fingerprint density at radius 1 is 0.960 bits per heavy atom. The third kappa shape index (κ3) is 6.36. The first-order valence-corrected chi connectivity index (χ1v) is 7.18. The largest absolute Gasteiger partial charge is 0.362 e. The van der Waals surface area contributed by atoms with E-state index in [-0.39, 0.29) is 12.3 Å². The second-order valence-corrected chi connectivity index (χ2v) is 4.77. The van der Waals surface area contributed by atoms with Crippen molar-refractivity contribution in [3.63, 3.8) is 0 Å². The summed E-state index contributed by atoms with van der Waals surface area (Å²) in [5.74, 6) is -2.14. The van der Waals surface area contributed by atoms with E-state index in [1.165, 1.54) is 36.5 Å². The molecule has 0 spiro atoms. The Morgan fingerprint density at radius 3 is 2.36 bits per heavy atom. The number of carbonyl (C=O) groups is 3. The number of anilines is 1. The van der Waals surface area contributed by atoms with Gasteiger partial charge in [0.25, 0.3) is 11.8 Å². The first-order chi connectivity index (χ1) is 12.0. The van der Waals surface area contributed by atoms with Crippen LogP contribution in [0.3, 0.4) is 0 Å². The van der Waals surface area contributed by atoms with Crippen LogP contribution in [0.25, 0.3) is 0 Å². The molecule has 0 saturated carbocycles. The molecule has 9 heteroatoms. The van der Waals surface area contributed by atoms with Gasteiger partial charge < -0.3 is 10.1 Å². The maximum absolute atomic E-state index is 12.7. The number of hydrogen-bond acceptors (Lipinski definition) is 5. The smallest absolute Gasteiger partial charge is 0.288 e. The number of benzene rings is 1. The highest BCUT2D eigenvalue weighted by Gasteiger charge is 2.09. The highest BCUT2D eigenvalue weighted by molar-refractivity contribution is 5.94. The molecule has 3 amide bonds. The van der Waals surface area contributed by atoms with Gasteiger partial charge in [0.15, 0.2) is 0 Å². The molecule has 1 aromatic carbocycles. The minimum atomic E-state index is -0.640. The van der Waals surface area contributed by atoms with Crippen molar-refractivity contribution in [3.8, 4) is 0 Å². The number of halogens is 1. The fraction of sp³-hybridized carbons (Fsp3) is 0.125. The summed E-state index contributed by atoms with van der Waals surface area (Å²) in [4.78, 5) is 38.6. The molecule has 0 aliphatic rings. The van der Waals surface area contributed by atoms with Gasteiger partial charge in [-0.25, -0.2) is 4.39 Å². The number of pyridine rings is 1. The topological polar surface area (TPSA) is 109 Å². The fourth-order valence-electron chi connectivity index (χ4n) is 1.69. The van der Waals surface area contributed by atoms with Gasteiger partial charge in [-0.1, -0.05) is 6.07 Å². The summed E-state index contributed by atoms with van der Waals surface area (Å²) in [6.07, 6.45) is 1.44. The molecule has 130 valence electrons. The van der Waals surface area contributed by atoms with Gasteiger partial charge in [-0.3, -0.25) is 30.2 Å². The lowest BCUT2D eigenvalue weighted by Gasteiger charge is -2.08. The normalized spacial score (nSPS) is 9.96. The molecule has 2 aromatic rings. The average Bonchev–Trinajstić information content (AvgIpc) is 2.62. The molecular weight excluding hydrogens is 331 g/mol. The van der Waals surface area contributed by atoms with Crippen LogP contribution in [0.1, 0.15) is 10.5 Å². The van der Waals surface area contributed by atoms with Crippen LogP contribution in [0.2, 0.25) is 0 Å². The van der Waals surface area contributed by atoms with E-state index in [1.807, 2.05) is 0 Å². The third-order valence-electron chi connectivity index (χ3n) is 2.81. The fourth-order valence-corrected chi connectivity index (χ4v) is 1.69. The van der Waals surface area contributed by atoms with Crippen molar-refractivity contribution in [3.05, 3.63) is 60.2 Å². The lowest BCUT2D eigenvalue weighted by atomic mass is 10.3. The number of carbonyl (C=O) groups excluding carboxylic acids is 3. The van der Waals surface area contributed by atoms with Gasteiger partial charge >= 0.3 is 0 Å². The van der Waals surface area contributed by atoms with Crippen LogP contribution in [0.5, 0.6) is 0 Å². The zero-order valence-corrected chi connectivity index (χ0v) is 13.0. The van der Waals surface area contributed by atoms with Gasteiger partial charge in [0.05, 0.1) is 0 Å². The van der Waals surface area contributed by atoms with Crippen LogP contribution in [-0.4, -0.2) is 35.9 Å². The van der Waals surface area contributed by atoms with Crippen LogP contribution in [0.4, 0.5) is 10.1 Å². The van der Waals surface area contributed by atoms with Gasteiger partial charge in [-0.05, 0) is 36.4 Å². The summed E-state index contributed by atoms with van der Waals surface area (Å²) in [7, 11) is 0. The second-order valence-electron chi connectivity index (χ2n) is 4.77. The molecule has 3 N–H and O–H groups in total. The van der Waals surface area contributed by atoms with Crippen LogP contribution < -0.4 is 16.2 Å². The van der Waals surface area contributed by atoms with Gasteiger partial charge in [-0.2, -0.15) is 0 Å². The van der Waals surface area contributed by atoms with Crippen LogP contribution >= 0.6 is 0 Å². The van der Waals surface area contributed by atoms with Crippen LogP contribution in [0, 0.1) is 5.82 Å². The predicted octanol–water partition coefficient (Wildman–Crippen LogP) is 0.637. The van der Waals surface area contributed by atoms with E-state index in [4.69, 9.17) is 4.74 Å². The van der Waals surface area contributed by atoms with Gasteiger partial charge in [-0.15, -0.1) is 0 Å². The number of nitrogens with zero attached hydrogens (tertiary/aromatic N) is 1. The number of rotatable bonds is 6. The lowest BCUT2D eigenvalue weighted by Crippen LogP contribution is -2.43. The Labute approximate surface area is 142 Å². The zero-order valence-electron chi connectivity index (χ0n) is 13.0. The van der Waals surface area contributed by atoms with E-state index in [0.717, 1.165) is 0 Å². The van der Waals surface area contributed by atoms with Crippen molar-refractivity contribution >= 4 is 23.4 Å². The highest BCUT2D eigenvalue weighted by atomic mass is 19.1. The van der Waals surface area contributed by atoms with Gasteiger partial charge in [0, 0.05) is 11.9 Å². The van der Waals surface area contributed by atoms with Crippen LogP contribution in [-0.2, 0) is 14.3 Å². The molecule has 0 atom stereocenters. The lowest BCUT2D eigenvalue weighted by molar-refractivity contribution is -0.129. The summed E-state index contributed by atoms with van der Waals surface area (Å²) in [6.45, 7) is -0.807. The molecule has 1 heterocycles. The first-order valence-electron chi connectivity index (χ1n) is 7.18. The quantitative estimate of drug-likeness (QED) is 0.665. The minimum absolute atomic E-state index is 0.141. The van der Waals surface area contributed by atoms with Crippen molar-refractivity contribution in [1.82, 2.24) is 15.8 Å². The van der Waals surface area contributed by atoms with Crippen LogP contribution in [0.15, 0.2) is 48.7 Å². The number of ether oxygens (including phenoxy) is 1. The Balaban J connectivity index is 1.64. The van der Waals surface area contributed by atoms with Crippen molar-refractivity contribution < 1.29 is 23.5 Å². The molecule has 0 unspecified atom stereocenters. The summed E-state index contributed by atoms with van der Waals surface area (Å²) in [5, 5.41) is 2.47. The molecule has 0 saturated heterocycles. The Hall–Kier alpha value is -3.33. The van der Waals surface area contributed by atoms with Gasteiger partial charge in [0.2, 0.25) is 5.91 Å². The second kappa shape index (κ2) is 9.08. The average molecular weight is 346 g/mol. The summed E-state index contributed by atoms with van der Waals surface area (Å²) >= 11 is 0. The Kier molecular flexibility index (Phi) is 6.55. The monoisotopic (exact) mass is 346 g/mol.